The van der Waals surface area contributed by atoms with Crippen molar-refractivity contribution in [3.05, 3.63) is 48.5 Å². The molecule has 0 aromatic heterocycles. The first kappa shape index (κ1) is 14.7. The molecular formula is C18H17NO5. The van der Waals surface area contributed by atoms with Gasteiger partial charge < -0.3 is 24.3 Å². The van der Waals surface area contributed by atoms with Gasteiger partial charge in [0.2, 0.25) is 6.10 Å². The maximum atomic E-state index is 12.3. The third-order valence-corrected chi connectivity index (χ3v) is 3.87. The van der Waals surface area contributed by atoms with Gasteiger partial charge in [0, 0.05) is 0 Å². The van der Waals surface area contributed by atoms with Crippen molar-refractivity contribution in [3.63, 3.8) is 0 Å². The minimum Gasteiger partial charge on any atom is -0.486 e. The fourth-order valence-corrected chi connectivity index (χ4v) is 2.64. The van der Waals surface area contributed by atoms with Crippen molar-refractivity contribution in [2.24, 2.45) is 0 Å². The van der Waals surface area contributed by atoms with Crippen LogP contribution >= 0.6 is 0 Å². The molecule has 6 nitrogen and oxygen atoms in total. The van der Waals surface area contributed by atoms with Gasteiger partial charge in [0.1, 0.15) is 19.3 Å². The zero-order valence-electron chi connectivity index (χ0n) is 12.9. The molecule has 0 fully saturated rings. The van der Waals surface area contributed by atoms with E-state index in [1.807, 2.05) is 42.5 Å². The molecule has 0 saturated heterocycles. The first-order valence-corrected chi connectivity index (χ1v) is 7.84. The Kier molecular flexibility index (Phi) is 3.86. The fraction of sp³-hybridized carbons (Fsp3) is 0.278. The van der Waals surface area contributed by atoms with E-state index in [0.29, 0.717) is 30.4 Å². The van der Waals surface area contributed by atoms with Crippen molar-refractivity contribution < 1.29 is 23.7 Å². The minimum absolute atomic E-state index is 0.188. The maximum Gasteiger partial charge on any atom is 0.264 e. The number of carbonyl (C=O) groups excluding carboxylic acids is 1. The van der Waals surface area contributed by atoms with Crippen molar-refractivity contribution in [2.75, 3.05) is 19.8 Å². The molecule has 2 aliphatic heterocycles. The molecule has 0 unspecified atom stereocenters. The highest BCUT2D eigenvalue weighted by molar-refractivity contribution is 5.81. The zero-order valence-corrected chi connectivity index (χ0v) is 12.9. The number of carbonyl (C=O) groups is 1. The molecule has 2 heterocycles. The van der Waals surface area contributed by atoms with Crippen LogP contribution < -0.4 is 24.3 Å². The quantitative estimate of drug-likeness (QED) is 0.931. The van der Waals surface area contributed by atoms with Gasteiger partial charge >= 0.3 is 0 Å². The Morgan fingerprint density at radius 3 is 2.17 bits per heavy atom. The number of ether oxygens (including phenoxy) is 4. The number of benzene rings is 2. The molecular weight excluding hydrogens is 310 g/mol. The third kappa shape index (κ3) is 2.95. The Balaban J connectivity index is 1.32. The van der Waals surface area contributed by atoms with Gasteiger partial charge in [-0.1, -0.05) is 24.3 Å². The summed E-state index contributed by atoms with van der Waals surface area (Å²) in [6.07, 6.45) is -0.905. The first-order chi connectivity index (χ1) is 11.8. The number of fused-ring (bicyclic) bond motifs is 2. The van der Waals surface area contributed by atoms with E-state index in [0.717, 1.165) is 5.75 Å². The molecule has 1 amide bonds. The number of rotatable bonds is 3. The Labute approximate surface area is 139 Å². The SMILES string of the molecule is O=C(NC[C@H]1COc2ccccc2O1)[C@H]1COc2ccccc2O1. The highest BCUT2D eigenvalue weighted by Crippen LogP contribution is 2.31. The van der Waals surface area contributed by atoms with Crippen molar-refractivity contribution in [3.8, 4) is 23.0 Å². The number of hydrogen-bond acceptors (Lipinski definition) is 5. The fourth-order valence-electron chi connectivity index (χ4n) is 2.64. The van der Waals surface area contributed by atoms with Gasteiger partial charge in [0.25, 0.3) is 5.91 Å². The largest absolute Gasteiger partial charge is 0.486 e. The molecule has 124 valence electrons. The van der Waals surface area contributed by atoms with Crippen molar-refractivity contribution in [2.45, 2.75) is 12.2 Å². The van der Waals surface area contributed by atoms with Crippen LogP contribution in [0.5, 0.6) is 23.0 Å². The molecule has 2 aromatic carbocycles. The standard InChI is InChI=1S/C18H17NO5/c20-18(17-11-22-14-6-2-4-8-16(14)24-17)19-9-12-10-21-13-5-1-3-7-15(13)23-12/h1-8,12,17H,9-11H2,(H,19,20)/t12-,17+/m0/s1. The summed E-state index contributed by atoms with van der Waals surface area (Å²) in [7, 11) is 0. The molecule has 24 heavy (non-hydrogen) atoms. The summed E-state index contributed by atoms with van der Waals surface area (Å²) in [5.41, 5.74) is 0. The normalized spacial score (nSPS) is 21.0. The Morgan fingerprint density at radius 1 is 0.875 bits per heavy atom. The molecule has 2 aliphatic rings. The summed E-state index contributed by atoms with van der Waals surface area (Å²) in [5, 5.41) is 2.83. The van der Waals surface area contributed by atoms with Crippen LogP contribution in [0.4, 0.5) is 0 Å². The molecule has 2 atom stereocenters. The average Bonchev–Trinajstić information content (AvgIpc) is 2.65. The topological polar surface area (TPSA) is 66.0 Å². The van der Waals surface area contributed by atoms with Gasteiger partial charge in [-0.05, 0) is 24.3 Å². The van der Waals surface area contributed by atoms with Crippen LogP contribution in [0.3, 0.4) is 0 Å². The molecule has 2 aromatic rings. The van der Waals surface area contributed by atoms with Gasteiger partial charge in [-0.3, -0.25) is 4.79 Å². The smallest absolute Gasteiger partial charge is 0.264 e. The third-order valence-electron chi connectivity index (χ3n) is 3.87. The molecule has 0 bridgehead atoms. The van der Waals surface area contributed by atoms with Crippen LogP contribution in [-0.2, 0) is 4.79 Å². The van der Waals surface area contributed by atoms with Crippen LogP contribution in [0.25, 0.3) is 0 Å². The predicted octanol–water partition coefficient (Wildman–Crippen LogP) is 1.78. The number of nitrogens with one attached hydrogen (secondary N) is 1. The van der Waals surface area contributed by atoms with Crippen LogP contribution in [-0.4, -0.2) is 37.9 Å². The van der Waals surface area contributed by atoms with E-state index in [9.17, 15) is 4.79 Å². The van der Waals surface area contributed by atoms with Gasteiger partial charge in [0.05, 0.1) is 6.54 Å². The second-order valence-corrected chi connectivity index (χ2v) is 5.61. The van der Waals surface area contributed by atoms with Crippen LogP contribution in [0.2, 0.25) is 0 Å². The first-order valence-electron chi connectivity index (χ1n) is 7.84. The minimum atomic E-state index is -0.670. The second kappa shape index (κ2) is 6.31. The van der Waals surface area contributed by atoms with E-state index in [1.54, 1.807) is 6.07 Å². The summed E-state index contributed by atoms with van der Waals surface area (Å²) in [4.78, 5) is 12.3. The molecule has 4 rings (SSSR count). The summed E-state index contributed by atoms with van der Waals surface area (Å²) in [5.74, 6) is 2.42. The highest BCUT2D eigenvalue weighted by atomic mass is 16.6. The number of para-hydroxylation sites is 4. The molecule has 0 spiro atoms. The molecule has 1 N–H and O–H groups in total. The highest BCUT2D eigenvalue weighted by Gasteiger charge is 2.28. The lowest BCUT2D eigenvalue weighted by Crippen LogP contribution is -2.48. The van der Waals surface area contributed by atoms with E-state index < -0.39 is 6.10 Å². The Hall–Kier alpha value is -2.89. The average molecular weight is 327 g/mol. The number of amides is 1. The van der Waals surface area contributed by atoms with E-state index in [4.69, 9.17) is 18.9 Å². The lowest BCUT2D eigenvalue weighted by molar-refractivity contribution is -0.130. The van der Waals surface area contributed by atoms with Gasteiger partial charge in [-0.2, -0.15) is 0 Å². The molecule has 0 aliphatic carbocycles. The van der Waals surface area contributed by atoms with Gasteiger partial charge in [-0.25, -0.2) is 0 Å². The lowest BCUT2D eigenvalue weighted by Gasteiger charge is -2.28. The van der Waals surface area contributed by atoms with E-state index in [-0.39, 0.29) is 18.6 Å². The summed E-state index contributed by atoms with van der Waals surface area (Å²) in [6.45, 7) is 0.921. The van der Waals surface area contributed by atoms with E-state index in [1.165, 1.54) is 0 Å². The zero-order chi connectivity index (χ0) is 16.4. The summed E-state index contributed by atoms with van der Waals surface area (Å²) < 4.78 is 22.7. The van der Waals surface area contributed by atoms with Crippen LogP contribution in [0.1, 0.15) is 0 Å². The maximum absolute atomic E-state index is 12.3. The summed E-state index contributed by atoms with van der Waals surface area (Å²) in [6, 6.07) is 14.8. The Morgan fingerprint density at radius 2 is 1.46 bits per heavy atom. The predicted molar refractivity (Wildman–Crippen MR) is 85.7 cm³/mol. The summed E-state index contributed by atoms with van der Waals surface area (Å²) >= 11 is 0. The van der Waals surface area contributed by atoms with Crippen molar-refractivity contribution in [1.82, 2.24) is 5.32 Å². The lowest BCUT2D eigenvalue weighted by atomic mass is 10.2. The van der Waals surface area contributed by atoms with Crippen LogP contribution in [0.15, 0.2) is 48.5 Å². The van der Waals surface area contributed by atoms with Crippen molar-refractivity contribution >= 4 is 5.91 Å². The Bertz CT molecular complexity index is 748. The van der Waals surface area contributed by atoms with Gasteiger partial charge in [-0.15, -0.1) is 0 Å². The van der Waals surface area contributed by atoms with Crippen LogP contribution in [0, 0.1) is 0 Å². The van der Waals surface area contributed by atoms with E-state index >= 15 is 0 Å². The van der Waals surface area contributed by atoms with E-state index in [2.05, 4.69) is 5.32 Å². The molecule has 0 radical (unpaired) electrons. The molecule has 6 heteroatoms. The monoisotopic (exact) mass is 327 g/mol. The number of hydrogen-bond donors (Lipinski definition) is 1. The van der Waals surface area contributed by atoms with Gasteiger partial charge in [0.15, 0.2) is 23.0 Å². The molecule has 0 saturated carbocycles. The van der Waals surface area contributed by atoms with Crippen molar-refractivity contribution in [1.29, 1.82) is 0 Å². The second-order valence-electron chi connectivity index (χ2n) is 5.61.